The van der Waals surface area contributed by atoms with E-state index < -0.39 is 11.7 Å². The number of aromatic nitrogens is 1. The van der Waals surface area contributed by atoms with Crippen LogP contribution in [0.3, 0.4) is 0 Å². The van der Waals surface area contributed by atoms with Crippen molar-refractivity contribution in [2.45, 2.75) is 6.92 Å². The van der Waals surface area contributed by atoms with Crippen LogP contribution in [0.15, 0.2) is 36.5 Å². The van der Waals surface area contributed by atoms with Gasteiger partial charge in [0.2, 0.25) is 0 Å². The van der Waals surface area contributed by atoms with Gasteiger partial charge in [0.25, 0.3) is 5.91 Å². The van der Waals surface area contributed by atoms with Crippen molar-refractivity contribution in [1.82, 2.24) is 4.98 Å². The molecule has 1 aromatic carbocycles. The van der Waals surface area contributed by atoms with Crippen molar-refractivity contribution < 1.29 is 13.9 Å². The summed E-state index contributed by atoms with van der Waals surface area (Å²) in [5, 5.41) is 2.57. The number of amides is 1. The summed E-state index contributed by atoms with van der Waals surface area (Å²) in [6.07, 6.45) is 0.952. The zero-order chi connectivity index (χ0) is 14.5. The predicted molar refractivity (Wildman–Crippen MR) is 74.8 cm³/mol. The van der Waals surface area contributed by atoms with E-state index in [1.54, 1.807) is 24.3 Å². The SMILES string of the molecule is CCOc1ccccc1NC(=O)c1cc(F)cnc1Cl. The molecule has 104 valence electrons. The summed E-state index contributed by atoms with van der Waals surface area (Å²) in [7, 11) is 0. The molecule has 0 atom stereocenters. The van der Waals surface area contributed by atoms with E-state index in [4.69, 9.17) is 16.3 Å². The van der Waals surface area contributed by atoms with Crippen molar-refractivity contribution in [3.8, 4) is 5.75 Å². The van der Waals surface area contributed by atoms with Crippen molar-refractivity contribution >= 4 is 23.2 Å². The average Bonchev–Trinajstić information content (AvgIpc) is 2.44. The Morgan fingerprint density at radius 2 is 2.20 bits per heavy atom. The number of nitrogens with zero attached hydrogens (tertiary/aromatic N) is 1. The maximum Gasteiger partial charge on any atom is 0.259 e. The molecule has 1 heterocycles. The molecule has 0 saturated heterocycles. The van der Waals surface area contributed by atoms with Gasteiger partial charge in [-0.3, -0.25) is 4.79 Å². The minimum atomic E-state index is -0.627. The molecule has 2 rings (SSSR count). The van der Waals surface area contributed by atoms with Gasteiger partial charge in [-0.2, -0.15) is 0 Å². The summed E-state index contributed by atoms with van der Waals surface area (Å²) >= 11 is 5.79. The molecule has 20 heavy (non-hydrogen) atoms. The lowest BCUT2D eigenvalue weighted by atomic mass is 10.2. The molecule has 0 saturated carbocycles. The number of anilines is 1. The van der Waals surface area contributed by atoms with Crippen LogP contribution < -0.4 is 10.1 Å². The Bertz CT molecular complexity index is 634. The molecule has 0 fully saturated rings. The van der Waals surface area contributed by atoms with Crippen molar-refractivity contribution in [3.63, 3.8) is 0 Å². The molecule has 0 aliphatic heterocycles. The van der Waals surface area contributed by atoms with Gasteiger partial charge >= 0.3 is 0 Å². The van der Waals surface area contributed by atoms with Crippen LogP contribution in [0.25, 0.3) is 0 Å². The van der Waals surface area contributed by atoms with E-state index in [0.717, 1.165) is 12.3 Å². The van der Waals surface area contributed by atoms with Crippen LogP contribution in [0.5, 0.6) is 5.75 Å². The molecule has 0 bridgehead atoms. The second kappa shape index (κ2) is 6.34. The Morgan fingerprint density at radius 3 is 2.95 bits per heavy atom. The topological polar surface area (TPSA) is 51.2 Å². The van der Waals surface area contributed by atoms with Crippen LogP contribution >= 0.6 is 11.6 Å². The van der Waals surface area contributed by atoms with Gasteiger partial charge in [0, 0.05) is 0 Å². The summed E-state index contributed by atoms with van der Waals surface area (Å²) < 4.78 is 18.5. The van der Waals surface area contributed by atoms with Crippen LogP contribution in [0.4, 0.5) is 10.1 Å². The Balaban J connectivity index is 2.26. The van der Waals surface area contributed by atoms with Crippen molar-refractivity contribution in [2.75, 3.05) is 11.9 Å². The van der Waals surface area contributed by atoms with E-state index in [2.05, 4.69) is 10.3 Å². The van der Waals surface area contributed by atoms with Crippen LogP contribution in [0.1, 0.15) is 17.3 Å². The Morgan fingerprint density at radius 1 is 1.45 bits per heavy atom. The molecule has 6 heteroatoms. The van der Waals surface area contributed by atoms with Crippen molar-refractivity contribution in [2.24, 2.45) is 0 Å². The second-order valence-corrected chi connectivity index (χ2v) is 4.23. The predicted octanol–water partition coefficient (Wildman–Crippen LogP) is 3.53. The fourth-order valence-electron chi connectivity index (χ4n) is 1.62. The minimum absolute atomic E-state index is 0.0297. The number of carbonyl (C=O) groups excluding carboxylic acids is 1. The van der Waals surface area contributed by atoms with Gasteiger partial charge in [-0.1, -0.05) is 23.7 Å². The van der Waals surface area contributed by atoms with Gasteiger partial charge in [0.1, 0.15) is 16.7 Å². The van der Waals surface area contributed by atoms with Gasteiger partial charge in [0.15, 0.2) is 0 Å². The van der Waals surface area contributed by atoms with E-state index in [1.165, 1.54) is 0 Å². The van der Waals surface area contributed by atoms with Gasteiger partial charge in [-0.15, -0.1) is 0 Å². The molecular weight excluding hydrogens is 283 g/mol. The van der Waals surface area contributed by atoms with E-state index in [-0.39, 0.29) is 10.7 Å². The molecule has 0 aliphatic rings. The number of halogens is 2. The molecule has 1 aromatic heterocycles. The number of nitrogens with one attached hydrogen (secondary N) is 1. The van der Waals surface area contributed by atoms with E-state index >= 15 is 0 Å². The third-order valence-corrected chi connectivity index (χ3v) is 2.79. The minimum Gasteiger partial charge on any atom is -0.492 e. The van der Waals surface area contributed by atoms with Crippen LogP contribution in [-0.2, 0) is 0 Å². The number of hydrogen-bond acceptors (Lipinski definition) is 3. The first-order valence-corrected chi connectivity index (χ1v) is 6.34. The molecule has 0 spiro atoms. The van der Waals surface area contributed by atoms with Gasteiger partial charge < -0.3 is 10.1 Å². The lowest BCUT2D eigenvalue weighted by Crippen LogP contribution is -2.14. The monoisotopic (exact) mass is 294 g/mol. The van der Waals surface area contributed by atoms with Crippen molar-refractivity contribution in [3.05, 3.63) is 53.1 Å². The smallest absolute Gasteiger partial charge is 0.259 e. The Hall–Kier alpha value is -2.14. The zero-order valence-electron chi connectivity index (χ0n) is 10.7. The molecular formula is C14H12ClFN2O2. The van der Waals surface area contributed by atoms with Crippen LogP contribution in [-0.4, -0.2) is 17.5 Å². The molecule has 0 aliphatic carbocycles. The highest BCUT2D eigenvalue weighted by atomic mass is 35.5. The fourth-order valence-corrected chi connectivity index (χ4v) is 1.81. The lowest BCUT2D eigenvalue weighted by Gasteiger charge is -2.11. The Labute approximate surface area is 120 Å². The fraction of sp³-hybridized carbons (Fsp3) is 0.143. The number of para-hydroxylation sites is 2. The molecule has 4 nitrogen and oxygen atoms in total. The van der Waals surface area contributed by atoms with Crippen LogP contribution in [0.2, 0.25) is 5.15 Å². The average molecular weight is 295 g/mol. The maximum atomic E-state index is 13.1. The third kappa shape index (κ3) is 3.24. The maximum absolute atomic E-state index is 13.1. The van der Waals surface area contributed by atoms with E-state index in [9.17, 15) is 9.18 Å². The summed E-state index contributed by atoms with van der Waals surface area (Å²) in [6.45, 7) is 2.31. The highest BCUT2D eigenvalue weighted by Crippen LogP contribution is 2.25. The number of hydrogen-bond donors (Lipinski definition) is 1. The van der Waals surface area contributed by atoms with Crippen LogP contribution in [0, 0.1) is 5.82 Å². The summed E-state index contributed by atoms with van der Waals surface area (Å²) in [6, 6.07) is 7.99. The lowest BCUT2D eigenvalue weighted by molar-refractivity contribution is 0.102. The highest BCUT2D eigenvalue weighted by Gasteiger charge is 2.14. The summed E-state index contributed by atoms with van der Waals surface area (Å²) in [5.74, 6) is -0.643. The summed E-state index contributed by atoms with van der Waals surface area (Å²) in [5.41, 5.74) is 0.456. The van der Waals surface area contributed by atoms with E-state index in [0.29, 0.717) is 18.0 Å². The molecule has 0 radical (unpaired) electrons. The Kier molecular flexibility index (Phi) is 4.53. The largest absolute Gasteiger partial charge is 0.492 e. The van der Waals surface area contributed by atoms with Gasteiger partial charge in [-0.05, 0) is 25.1 Å². The number of benzene rings is 1. The standard InChI is InChI=1S/C14H12ClFN2O2/c1-2-20-12-6-4-3-5-11(12)18-14(19)10-7-9(16)8-17-13(10)15/h3-8H,2H2,1H3,(H,18,19). The zero-order valence-corrected chi connectivity index (χ0v) is 11.4. The quantitative estimate of drug-likeness (QED) is 0.878. The highest BCUT2D eigenvalue weighted by molar-refractivity contribution is 6.33. The number of carbonyl (C=O) groups is 1. The van der Waals surface area contributed by atoms with Crippen molar-refractivity contribution in [1.29, 1.82) is 0 Å². The van der Waals surface area contributed by atoms with E-state index in [1.807, 2.05) is 6.92 Å². The number of ether oxygens (including phenoxy) is 1. The first-order chi connectivity index (χ1) is 9.61. The number of rotatable bonds is 4. The van der Waals surface area contributed by atoms with Gasteiger partial charge in [0.05, 0.1) is 24.1 Å². The normalized spacial score (nSPS) is 10.2. The molecule has 0 unspecified atom stereocenters. The molecule has 1 N–H and O–H groups in total. The third-order valence-electron chi connectivity index (χ3n) is 2.49. The molecule has 1 amide bonds. The first kappa shape index (κ1) is 14.3. The molecule has 2 aromatic rings. The van der Waals surface area contributed by atoms with Gasteiger partial charge in [-0.25, -0.2) is 9.37 Å². The second-order valence-electron chi connectivity index (χ2n) is 3.88. The number of pyridine rings is 1. The first-order valence-electron chi connectivity index (χ1n) is 5.96. The summed E-state index contributed by atoms with van der Waals surface area (Å²) in [4.78, 5) is 15.7.